The Bertz CT molecular complexity index is 445. The Morgan fingerprint density at radius 1 is 1.13 bits per heavy atom. The first-order valence-corrected chi connectivity index (χ1v) is 5.16. The van der Waals surface area contributed by atoms with E-state index in [4.69, 9.17) is 4.74 Å². The highest BCUT2D eigenvalue weighted by molar-refractivity contribution is 5.72. The topological polar surface area (TPSA) is 25.0 Å². The predicted molar refractivity (Wildman–Crippen MR) is 62.2 cm³/mol. The molecule has 1 heterocycles. The van der Waals surface area contributed by atoms with E-state index in [9.17, 15) is 0 Å². The summed E-state index contributed by atoms with van der Waals surface area (Å²) in [5.74, 6) is 0.923. The van der Waals surface area contributed by atoms with Crippen molar-refractivity contribution in [1.82, 2.24) is 4.98 Å². The maximum atomic E-state index is 5.35. The minimum absolute atomic E-state index is 0.923. The zero-order chi connectivity index (χ0) is 10.7. The van der Waals surface area contributed by atoms with Gasteiger partial charge in [0, 0.05) is 23.5 Å². The molecule has 0 aliphatic carbocycles. The predicted octanol–water partition coefficient (Wildman–Crippen LogP) is 3.25. The van der Waals surface area contributed by atoms with Crippen molar-refractivity contribution < 1.29 is 4.74 Å². The van der Waals surface area contributed by atoms with Gasteiger partial charge in [0.25, 0.3) is 0 Å². The number of para-hydroxylation sites is 1. The standard InChI is InChI=1S/C13H15NO/c1-3-10-8-14-9-12(10)11-6-4-5-7-13(11)15-2/h4-9,14H,3H2,1-2H3. The van der Waals surface area contributed by atoms with Gasteiger partial charge in [-0.3, -0.25) is 0 Å². The highest BCUT2D eigenvalue weighted by atomic mass is 16.5. The minimum Gasteiger partial charge on any atom is -0.496 e. The molecule has 0 radical (unpaired) electrons. The van der Waals surface area contributed by atoms with Crippen molar-refractivity contribution in [3.05, 3.63) is 42.2 Å². The van der Waals surface area contributed by atoms with E-state index in [1.165, 1.54) is 11.1 Å². The third-order valence-corrected chi connectivity index (χ3v) is 2.61. The van der Waals surface area contributed by atoms with E-state index in [1.807, 2.05) is 30.6 Å². The summed E-state index contributed by atoms with van der Waals surface area (Å²) in [5.41, 5.74) is 3.70. The second-order valence-corrected chi connectivity index (χ2v) is 3.45. The molecule has 2 nitrogen and oxygen atoms in total. The molecule has 0 atom stereocenters. The van der Waals surface area contributed by atoms with E-state index in [2.05, 4.69) is 18.0 Å². The van der Waals surface area contributed by atoms with E-state index >= 15 is 0 Å². The van der Waals surface area contributed by atoms with Crippen LogP contribution in [0.2, 0.25) is 0 Å². The Hall–Kier alpha value is -1.70. The van der Waals surface area contributed by atoms with Crippen molar-refractivity contribution in [2.75, 3.05) is 7.11 Å². The molecular formula is C13H15NO. The number of benzene rings is 1. The summed E-state index contributed by atoms with van der Waals surface area (Å²) in [5, 5.41) is 0. The number of hydrogen-bond donors (Lipinski definition) is 1. The fourth-order valence-corrected chi connectivity index (χ4v) is 1.81. The molecular weight excluding hydrogens is 186 g/mol. The Labute approximate surface area is 89.9 Å². The lowest BCUT2D eigenvalue weighted by atomic mass is 10.0. The first-order valence-electron chi connectivity index (χ1n) is 5.16. The summed E-state index contributed by atoms with van der Waals surface area (Å²) in [4.78, 5) is 3.14. The van der Waals surface area contributed by atoms with Gasteiger partial charge in [0.05, 0.1) is 7.11 Å². The zero-order valence-electron chi connectivity index (χ0n) is 9.08. The van der Waals surface area contributed by atoms with Crippen LogP contribution in [0.4, 0.5) is 0 Å². The summed E-state index contributed by atoms with van der Waals surface area (Å²) in [6.07, 6.45) is 5.09. The van der Waals surface area contributed by atoms with E-state index in [0.717, 1.165) is 17.7 Å². The zero-order valence-corrected chi connectivity index (χ0v) is 9.08. The van der Waals surface area contributed by atoms with Gasteiger partial charge in [-0.2, -0.15) is 0 Å². The van der Waals surface area contributed by atoms with Crippen LogP contribution in [0.3, 0.4) is 0 Å². The lowest BCUT2D eigenvalue weighted by Crippen LogP contribution is -1.88. The van der Waals surface area contributed by atoms with Crippen molar-refractivity contribution in [1.29, 1.82) is 0 Å². The highest BCUT2D eigenvalue weighted by Crippen LogP contribution is 2.31. The summed E-state index contributed by atoms with van der Waals surface area (Å²) in [7, 11) is 1.71. The van der Waals surface area contributed by atoms with Crippen LogP contribution in [0.25, 0.3) is 11.1 Å². The lowest BCUT2D eigenvalue weighted by Gasteiger charge is -2.07. The molecule has 2 heteroatoms. The van der Waals surface area contributed by atoms with Crippen molar-refractivity contribution in [3.8, 4) is 16.9 Å². The Morgan fingerprint density at radius 3 is 2.67 bits per heavy atom. The normalized spacial score (nSPS) is 10.3. The fraction of sp³-hybridized carbons (Fsp3) is 0.231. The van der Waals surface area contributed by atoms with Crippen LogP contribution in [0.1, 0.15) is 12.5 Å². The summed E-state index contributed by atoms with van der Waals surface area (Å²) in [6.45, 7) is 2.15. The number of aromatic amines is 1. The largest absolute Gasteiger partial charge is 0.496 e. The first kappa shape index (κ1) is 9.84. The van der Waals surface area contributed by atoms with Gasteiger partial charge in [-0.05, 0) is 18.1 Å². The molecule has 0 saturated heterocycles. The van der Waals surface area contributed by atoms with Gasteiger partial charge < -0.3 is 9.72 Å². The Kier molecular flexibility index (Phi) is 2.77. The number of H-pyrrole nitrogens is 1. The van der Waals surface area contributed by atoms with Crippen LogP contribution >= 0.6 is 0 Å². The van der Waals surface area contributed by atoms with Crippen LogP contribution in [0.15, 0.2) is 36.7 Å². The molecule has 1 aromatic heterocycles. The second kappa shape index (κ2) is 4.22. The summed E-state index contributed by atoms with van der Waals surface area (Å²) < 4.78 is 5.35. The molecule has 2 aromatic rings. The number of nitrogens with one attached hydrogen (secondary N) is 1. The van der Waals surface area contributed by atoms with E-state index in [-0.39, 0.29) is 0 Å². The number of aryl methyl sites for hydroxylation is 1. The molecule has 1 aromatic carbocycles. The molecule has 0 saturated carbocycles. The SMILES string of the molecule is CCc1c[nH]cc1-c1ccccc1OC. The molecule has 0 aliphatic rings. The van der Waals surface area contributed by atoms with Crippen LogP contribution in [0.5, 0.6) is 5.75 Å². The van der Waals surface area contributed by atoms with Crippen LogP contribution in [0, 0.1) is 0 Å². The van der Waals surface area contributed by atoms with Gasteiger partial charge in [0.15, 0.2) is 0 Å². The highest BCUT2D eigenvalue weighted by Gasteiger charge is 2.08. The molecule has 15 heavy (non-hydrogen) atoms. The number of methoxy groups -OCH3 is 1. The molecule has 0 spiro atoms. The first-order chi connectivity index (χ1) is 7.36. The molecule has 0 bridgehead atoms. The van der Waals surface area contributed by atoms with Crippen LogP contribution < -0.4 is 4.74 Å². The maximum Gasteiger partial charge on any atom is 0.126 e. The van der Waals surface area contributed by atoms with Crippen LogP contribution in [-0.4, -0.2) is 12.1 Å². The number of ether oxygens (including phenoxy) is 1. The molecule has 0 unspecified atom stereocenters. The van der Waals surface area contributed by atoms with Gasteiger partial charge >= 0.3 is 0 Å². The van der Waals surface area contributed by atoms with E-state index in [0.29, 0.717) is 0 Å². The molecule has 1 N–H and O–H groups in total. The monoisotopic (exact) mass is 201 g/mol. The Morgan fingerprint density at radius 2 is 1.93 bits per heavy atom. The third-order valence-electron chi connectivity index (χ3n) is 2.61. The van der Waals surface area contributed by atoms with Crippen LogP contribution in [-0.2, 0) is 6.42 Å². The number of hydrogen-bond acceptors (Lipinski definition) is 1. The number of aromatic nitrogens is 1. The molecule has 0 amide bonds. The fourth-order valence-electron chi connectivity index (χ4n) is 1.81. The second-order valence-electron chi connectivity index (χ2n) is 3.45. The van der Waals surface area contributed by atoms with Crippen molar-refractivity contribution in [2.45, 2.75) is 13.3 Å². The average Bonchev–Trinajstić information content (AvgIpc) is 2.76. The smallest absolute Gasteiger partial charge is 0.126 e. The van der Waals surface area contributed by atoms with Gasteiger partial charge in [0.1, 0.15) is 5.75 Å². The van der Waals surface area contributed by atoms with Crippen molar-refractivity contribution in [3.63, 3.8) is 0 Å². The number of rotatable bonds is 3. The van der Waals surface area contributed by atoms with E-state index < -0.39 is 0 Å². The van der Waals surface area contributed by atoms with Crippen molar-refractivity contribution in [2.24, 2.45) is 0 Å². The average molecular weight is 201 g/mol. The third kappa shape index (κ3) is 1.75. The molecule has 2 rings (SSSR count). The van der Waals surface area contributed by atoms with Gasteiger partial charge in [-0.15, -0.1) is 0 Å². The molecule has 0 fully saturated rings. The molecule has 78 valence electrons. The van der Waals surface area contributed by atoms with Gasteiger partial charge in [-0.25, -0.2) is 0 Å². The van der Waals surface area contributed by atoms with E-state index in [1.54, 1.807) is 7.11 Å². The minimum atomic E-state index is 0.923. The lowest BCUT2D eigenvalue weighted by molar-refractivity contribution is 0.416. The summed E-state index contributed by atoms with van der Waals surface area (Å²) in [6, 6.07) is 8.09. The van der Waals surface area contributed by atoms with Gasteiger partial charge in [-0.1, -0.05) is 25.1 Å². The molecule has 0 aliphatic heterocycles. The Balaban J connectivity index is 2.53. The van der Waals surface area contributed by atoms with Gasteiger partial charge in [0.2, 0.25) is 0 Å². The maximum absolute atomic E-state index is 5.35. The van der Waals surface area contributed by atoms with Crippen molar-refractivity contribution >= 4 is 0 Å². The quantitative estimate of drug-likeness (QED) is 0.810. The summed E-state index contributed by atoms with van der Waals surface area (Å²) >= 11 is 0.